The molecule has 27 heavy (non-hydrogen) atoms. The quantitative estimate of drug-likeness (QED) is 0.698. The van der Waals surface area contributed by atoms with E-state index in [-0.39, 0.29) is 18.3 Å². The molecule has 1 aliphatic rings. The molecule has 4 rings (SSSR count). The molecule has 1 N–H and O–H groups in total. The van der Waals surface area contributed by atoms with E-state index in [0.717, 1.165) is 22.5 Å². The molecule has 138 valence electrons. The number of nitrogens with one attached hydrogen (secondary N) is 1. The van der Waals surface area contributed by atoms with Crippen molar-refractivity contribution in [2.24, 2.45) is 0 Å². The monoisotopic (exact) mass is 362 g/mol. The molecule has 0 saturated carbocycles. The maximum atomic E-state index is 6.09. The predicted molar refractivity (Wildman–Crippen MR) is 107 cm³/mol. The van der Waals surface area contributed by atoms with E-state index < -0.39 is 0 Å². The first-order valence-electron chi connectivity index (χ1n) is 9.08. The SMILES string of the molecule is CC1(C)OB(c2ccc(Nc3ncc(-c4ccccc4)o3)cc2)OC1(C)C. The fraction of sp³-hybridized carbons (Fsp3) is 0.286. The van der Waals surface area contributed by atoms with Gasteiger partial charge in [0, 0.05) is 11.3 Å². The van der Waals surface area contributed by atoms with E-state index in [9.17, 15) is 0 Å². The summed E-state index contributed by atoms with van der Waals surface area (Å²) in [6.07, 6.45) is 1.72. The first-order chi connectivity index (χ1) is 12.8. The van der Waals surface area contributed by atoms with Crippen LogP contribution in [0.15, 0.2) is 65.2 Å². The number of rotatable bonds is 4. The van der Waals surface area contributed by atoms with E-state index in [1.807, 2.05) is 54.6 Å². The molecule has 6 heteroatoms. The van der Waals surface area contributed by atoms with Crippen LogP contribution in [0.2, 0.25) is 0 Å². The van der Waals surface area contributed by atoms with Gasteiger partial charge in [0.2, 0.25) is 0 Å². The van der Waals surface area contributed by atoms with Gasteiger partial charge in [0.15, 0.2) is 5.76 Å². The fourth-order valence-corrected chi connectivity index (χ4v) is 2.89. The summed E-state index contributed by atoms with van der Waals surface area (Å²) in [6, 6.07) is 18.3. The third-order valence-electron chi connectivity index (χ3n) is 5.25. The predicted octanol–water partition coefficient (Wildman–Crippen LogP) is 4.38. The van der Waals surface area contributed by atoms with Crippen LogP contribution in [0.4, 0.5) is 11.7 Å². The smallest absolute Gasteiger partial charge is 0.423 e. The van der Waals surface area contributed by atoms with Gasteiger partial charge in [-0.05, 0) is 45.3 Å². The minimum Gasteiger partial charge on any atom is -0.423 e. The Hall–Kier alpha value is -2.57. The largest absolute Gasteiger partial charge is 0.494 e. The second-order valence-corrected chi connectivity index (χ2v) is 7.73. The van der Waals surface area contributed by atoms with Crippen LogP contribution in [0.3, 0.4) is 0 Å². The Balaban J connectivity index is 1.46. The number of aromatic nitrogens is 1. The molecule has 0 atom stereocenters. The van der Waals surface area contributed by atoms with Crippen molar-refractivity contribution in [2.75, 3.05) is 5.32 Å². The Morgan fingerprint density at radius 2 is 1.48 bits per heavy atom. The van der Waals surface area contributed by atoms with Gasteiger partial charge in [0.05, 0.1) is 17.4 Å². The molecule has 1 fully saturated rings. The highest BCUT2D eigenvalue weighted by atomic mass is 16.7. The van der Waals surface area contributed by atoms with E-state index in [1.165, 1.54) is 0 Å². The topological polar surface area (TPSA) is 56.5 Å². The van der Waals surface area contributed by atoms with Crippen molar-refractivity contribution in [3.63, 3.8) is 0 Å². The molecule has 0 unspecified atom stereocenters. The lowest BCUT2D eigenvalue weighted by atomic mass is 9.79. The first kappa shape index (κ1) is 17.8. The Bertz CT molecular complexity index is 904. The van der Waals surface area contributed by atoms with Gasteiger partial charge in [0.1, 0.15) is 0 Å². The lowest BCUT2D eigenvalue weighted by molar-refractivity contribution is 0.00578. The molecular formula is C21H23BN2O3. The molecule has 2 aromatic carbocycles. The molecule has 0 aliphatic carbocycles. The Morgan fingerprint density at radius 3 is 2.11 bits per heavy atom. The number of oxazole rings is 1. The van der Waals surface area contributed by atoms with Crippen LogP contribution in [-0.4, -0.2) is 23.3 Å². The highest BCUT2D eigenvalue weighted by molar-refractivity contribution is 6.62. The zero-order valence-electron chi connectivity index (χ0n) is 16.0. The molecule has 1 aromatic heterocycles. The fourth-order valence-electron chi connectivity index (χ4n) is 2.89. The van der Waals surface area contributed by atoms with E-state index in [4.69, 9.17) is 13.7 Å². The lowest BCUT2D eigenvalue weighted by Gasteiger charge is -2.32. The van der Waals surface area contributed by atoms with Crippen LogP contribution in [0, 0.1) is 0 Å². The summed E-state index contributed by atoms with van der Waals surface area (Å²) < 4.78 is 18.0. The highest BCUT2D eigenvalue weighted by Gasteiger charge is 2.51. The van der Waals surface area contributed by atoms with Crippen LogP contribution in [0.25, 0.3) is 11.3 Å². The summed E-state index contributed by atoms with van der Waals surface area (Å²) >= 11 is 0. The Morgan fingerprint density at radius 1 is 0.852 bits per heavy atom. The van der Waals surface area contributed by atoms with E-state index in [2.05, 4.69) is 38.0 Å². The molecule has 0 radical (unpaired) electrons. The van der Waals surface area contributed by atoms with Crippen molar-refractivity contribution < 1.29 is 13.7 Å². The Labute approximate surface area is 159 Å². The molecule has 0 bridgehead atoms. The van der Waals surface area contributed by atoms with Gasteiger partial charge >= 0.3 is 7.12 Å². The van der Waals surface area contributed by atoms with Gasteiger partial charge in [-0.15, -0.1) is 0 Å². The van der Waals surface area contributed by atoms with Gasteiger partial charge in [-0.25, -0.2) is 4.98 Å². The van der Waals surface area contributed by atoms with E-state index >= 15 is 0 Å². The van der Waals surface area contributed by atoms with Crippen LogP contribution in [-0.2, 0) is 9.31 Å². The Kier molecular flexibility index (Phi) is 4.33. The molecule has 3 aromatic rings. The average Bonchev–Trinajstić information content (AvgIpc) is 3.18. The zero-order chi connectivity index (χ0) is 19.1. The van der Waals surface area contributed by atoms with E-state index in [1.54, 1.807) is 6.20 Å². The van der Waals surface area contributed by atoms with Gasteiger partial charge in [-0.3, -0.25) is 0 Å². The summed E-state index contributed by atoms with van der Waals surface area (Å²) in [4.78, 5) is 4.30. The minimum atomic E-state index is -0.365. The lowest BCUT2D eigenvalue weighted by Crippen LogP contribution is -2.41. The summed E-state index contributed by atoms with van der Waals surface area (Å²) in [5.74, 6) is 0.729. The average molecular weight is 362 g/mol. The molecule has 1 saturated heterocycles. The van der Waals surface area contributed by atoms with Gasteiger partial charge in [0.25, 0.3) is 6.01 Å². The van der Waals surface area contributed by atoms with Crippen LogP contribution in [0.1, 0.15) is 27.7 Å². The van der Waals surface area contributed by atoms with Crippen LogP contribution >= 0.6 is 0 Å². The summed E-state index contributed by atoms with van der Waals surface area (Å²) in [5, 5.41) is 3.18. The maximum Gasteiger partial charge on any atom is 0.494 e. The third-order valence-corrected chi connectivity index (χ3v) is 5.25. The van der Waals surface area contributed by atoms with E-state index in [0.29, 0.717) is 6.01 Å². The van der Waals surface area contributed by atoms with Crippen LogP contribution < -0.4 is 10.8 Å². The summed E-state index contributed by atoms with van der Waals surface area (Å²) in [5.41, 5.74) is 2.17. The summed E-state index contributed by atoms with van der Waals surface area (Å²) in [7, 11) is -0.365. The second kappa shape index (κ2) is 6.55. The molecule has 1 aliphatic heterocycles. The number of hydrogen-bond acceptors (Lipinski definition) is 5. The third kappa shape index (κ3) is 3.50. The molecule has 2 heterocycles. The normalized spacial score (nSPS) is 17.9. The van der Waals surface area contributed by atoms with Crippen LogP contribution in [0.5, 0.6) is 0 Å². The maximum absolute atomic E-state index is 6.09. The molecule has 5 nitrogen and oxygen atoms in total. The highest BCUT2D eigenvalue weighted by Crippen LogP contribution is 2.36. The number of hydrogen-bond donors (Lipinski definition) is 1. The molecule has 0 amide bonds. The van der Waals surface area contributed by atoms with Crippen molar-refractivity contribution >= 4 is 24.3 Å². The van der Waals surface area contributed by atoms with Crippen molar-refractivity contribution in [2.45, 2.75) is 38.9 Å². The van der Waals surface area contributed by atoms with Crippen molar-refractivity contribution in [3.8, 4) is 11.3 Å². The number of nitrogens with zero attached hydrogens (tertiary/aromatic N) is 1. The van der Waals surface area contributed by atoms with Gasteiger partial charge in [-0.1, -0.05) is 42.5 Å². The second-order valence-electron chi connectivity index (χ2n) is 7.73. The van der Waals surface area contributed by atoms with Crippen molar-refractivity contribution in [3.05, 3.63) is 60.8 Å². The number of benzene rings is 2. The van der Waals surface area contributed by atoms with Gasteiger partial charge in [-0.2, -0.15) is 0 Å². The zero-order valence-corrected chi connectivity index (χ0v) is 16.0. The molecular weight excluding hydrogens is 339 g/mol. The minimum absolute atomic E-state index is 0.347. The summed E-state index contributed by atoms with van der Waals surface area (Å²) in [6.45, 7) is 8.21. The van der Waals surface area contributed by atoms with Gasteiger partial charge < -0.3 is 19.0 Å². The molecule has 0 spiro atoms. The first-order valence-corrected chi connectivity index (χ1v) is 9.08. The standard InChI is InChI=1S/C21H23BN2O3/c1-20(2)21(3,4)27-22(26-20)16-10-12-17(13-11-16)24-19-23-14-18(25-19)15-8-6-5-7-9-15/h5-14H,1-4H3,(H,23,24). The van der Waals surface area contributed by atoms with Crippen molar-refractivity contribution in [1.29, 1.82) is 0 Å². The number of anilines is 2. The van der Waals surface area contributed by atoms with Crippen molar-refractivity contribution in [1.82, 2.24) is 4.98 Å².